The third kappa shape index (κ3) is 2.37. The van der Waals surface area contributed by atoms with E-state index < -0.39 is 11.9 Å². The number of carboxylic acids is 1. The van der Waals surface area contributed by atoms with Crippen LogP contribution in [-0.4, -0.2) is 20.9 Å². The maximum absolute atomic E-state index is 10.8. The summed E-state index contributed by atoms with van der Waals surface area (Å²) in [4.78, 5) is 10.8. The highest BCUT2D eigenvalue weighted by molar-refractivity contribution is 5.74. The average Bonchev–Trinajstić information content (AvgIpc) is 2.59. The lowest BCUT2D eigenvalue weighted by atomic mass is 10.1. The maximum atomic E-state index is 10.8. The first kappa shape index (κ1) is 11.8. The number of hydrogen-bond acceptors (Lipinski definition) is 2. The van der Waals surface area contributed by atoms with Crippen LogP contribution in [-0.2, 0) is 11.2 Å². The molecule has 0 bridgehead atoms. The highest BCUT2D eigenvalue weighted by atomic mass is 16.4. The molecule has 0 saturated heterocycles. The second kappa shape index (κ2) is 4.47. The van der Waals surface area contributed by atoms with Crippen molar-refractivity contribution in [3.8, 4) is 0 Å². The highest BCUT2D eigenvalue weighted by Gasteiger charge is 2.19. The third-order valence-electron chi connectivity index (χ3n) is 2.50. The molecule has 0 aliphatic carbocycles. The van der Waals surface area contributed by atoms with Crippen LogP contribution in [0.4, 0.5) is 0 Å². The Kier molecular flexibility index (Phi) is 3.50. The summed E-state index contributed by atoms with van der Waals surface area (Å²) < 4.78 is 1.90. The Morgan fingerprint density at radius 1 is 1.53 bits per heavy atom. The van der Waals surface area contributed by atoms with Crippen molar-refractivity contribution in [2.75, 3.05) is 0 Å². The Morgan fingerprint density at radius 3 is 2.47 bits per heavy atom. The number of nitrogens with zero attached hydrogens (tertiary/aromatic N) is 2. The van der Waals surface area contributed by atoms with Gasteiger partial charge in [0, 0.05) is 11.7 Å². The largest absolute Gasteiger partial charge is 0.481 e. The van der Waals surface area contributed by atoms with Gasteiger partial charge in [-0.1, -0.05) is 6.92 Å². The van der Waals surface area contributed by atoms with E-state index in [1.807, 2.05) is 31.5 Å². The molecular formula is C11H18N2O2. The molecule has 0 radical (unpaired) electrons. The van der Waals surface area contributed by atoms with Crippen LogP contribution in [0, 0.1) is 0 Å². The molecule has 0 amide bonds. The molecular weight excluding hydrogens is 192 g/mol. The molecule has 1 atom stereocenters. The Morgan fingerprint density at radius 2 is 2.13 bits per heavy atom. The smallest absolute Gasteiger partial charge is 0.312 e. The zero-order chi connectivity index (χ0) is 11.6. The van der Waals surface area contributed by atoms with E-state index in [0.29, 0.717) is 5.69 Å². The summed E-state index contributed by atoms with van der Waals surface area (Å²) >= 11 is 0. The number of hydrogen-bond donors (Lipinski definition) is 1. The fourth-order valence-electron chi connectivity index (χ4n) is 1.50. The summed E-state index contributed by atoms with van der Waals surface area (Å²) in [6, 6.07) is 2.16. The molecule has 0 spiro atoms. The van der Waals surface area contributed by atoms with Crippen molar-refractivity contribution in [1.82, 2.24) is 9.78 Å². The molecule has 0 saturated carbocycles. The van der Waals surface area contributed by atoms with Gasteiger partial charge in [0.1, 0.15) is 0 Å². The zero-order valence-electron chi connectivity index (χ0n) is 9.69. The van der Waals surface area contributed by atoms with Gasteiger partial charge in [0.05, 0.1) is 11.6 Å². The third-order valence-corrected chi connectivity index (χ3v) is 2.50. The van der Waals surface area contributed by atoms with Gasteiger partial charge >= 0.3 is 5.97 Å². The van der Waals surface area contributed by atoms with E-state index in [1.165, 1.54) is 0 Å². The van der Waals surface area contributed by atoms with E-state index in [4.69, 9.17) is 5.11 Å². The van der Waals surface area contributed by atoms with Crippen molar-refractivity contribution in [1.29, 1.82) is 0 Å². The van der Waals surface area contributed by atoms with Crippen molar-refractivity contribution in [2.45, 2.75) is 46.1 Å². The second-order valence-electron chi connectivity index (χ2n) is 4.01. The van der Waals surface area contributed by atoms with E-state index >= 15 is 0 Å². The van der Waals surface area contributed by atoms with Gasteiger partial charge in [-0.25, -0.2) is 0 Å². The predicted molar refractivity (Wildman–Crippen MR) is 58.0 cm³/mol. The summed E-state index contributed by atoms with van der Waals surface area (Å²) in [6.45, 7) is 7.79. The number of aliphatic carboxylic acids is 1. The van der Waals surface area contributed by atoms with Crippen molar-refractivity contribution in [2.24, 2.45) is 0 Å². The maximum Gasteiger partial charge on any atom is 0.312 e. The number of aryl methyl sites for hydroxylation is 1. The van der Waals surface area contributed by atoms with Crippen LogP contribution < -0.4 is 0 Å². The topological polar surface area (TPSA) is 55.1 Å². The van der Waals surface area contributed by atoms with Crippen LogP contribution in [0.15, 0.2) is 6.07 Å². The van der Waals surface area contributed by atoms with Crippen molar-refractivity contribution >= 4 is 5.97 Å². The highest BCUT2D eigenvalue weighted by Crippen LogP contribution is 2.18. The van der Waals surface area contributed by atoms with Crippen molar-refractivity contribution in [3.05, 3.63) is 17.5 Å². The first-order valence-electron chi connectivity index (χ1n) is 5.28. The minimum atomic E-state index is -0.828. The molecule has 1 heterocycles. The number of carboxylic acid groups (broad SMARTS) is 1. The lowest BCUT2D eigenvalue weighted by Crippen LogP contribution is -2.10. The first-order chi connectivity index (χ1) is 6.97. The Labute approximate surface area is 89.9 Å². The fraction of sp³-hybridized carbons (Fsp3) is 0.636. The molecule has 4 nitrogen and oxygen atoms in total. The van der Waals surface area contributed by atoms with E-state index in [1.54, 1.807) is 6.92 Å². The van der Waals surface area contributed by atoms with E-state index in [0.717, 1.165) is 12.1 Å². The van der Waals surface area contributed by atoms with Crippen LogP contribution in [0.2, 0.25) is 0 Å². The molecule has 15 heavy (non-hydrogen) atoms. The van der Waals surface area contributed by atoms with Crippen LogP contribution in [0.3, 0.4) is 0 Å². The number of carbonyl (C=O) groups is 1. The van der Waals surface area contributed by atoms with Crippen LogP contribution in [0.1, 0.15) is 51.0 Å². The van der Waals surface area contributed by atoms with Crippen molar-refractivity contribution in [3.63, 3.8) is 0 Å². The minimum absolute atomic E-state index is 0.273. The molecule has 0 aromatic carbocycles. The van der Waals surface area contributed by atoms with Gasteiger partial charge in [-0.2, -0.15) is 5.10 Å². The van der Waals surface area contributed by atoms with E-state index in [9.17, 15) is 4.79 Å². The van der Waals surface area contributed by atoms with Gasteiger partial charge in [-0.15, -0.1) is 0 Å². The lowest BCUT2D eigenvalue weighted by molar-refractivity contribution is -0.138. The van der Waals surface area contributed by atoms with Gasteiger partial charge < -0.3 is 5.11 Å². The van der Waals surface area contributed by atoms with Gasteiger partial charge in [0.25, 0.3) is 0 Å². The summed E-state index contributed by atoms with van der Waals surface area (Å²) in [6.07, 6.45) is 0.873. The molecule has 1 N–H and O–H groups in total. The molecule has 1 rings (SSSR count). The van der Waals surface area contributed by atoms with E-state index in [-0.39, 0.29) is 6.04 Å². The van der Waals surface area contributed by atoms with Gasteiger partial charge in [0.15, 0.2) is 0 Å². The lowest BCUT2D eigenvalue weighted by Gasteiger charge is -2.09. The SMILES string of the molecule is CCc1cc(C(C)C(=O)O)nn1C(C)C. The predicted octanol–water partition coefficient (Wildman–Crippen LogP) is 2.21. The second-order valence-corrected chi connectivity index (χ2v) is 4.01. The van der Waals surface area contributed by atoms with E-state index in [2.05, 4.69) is 5.10 Å². The molecule has 0 aliphatic heterocycles. The fourth-order valence-corrected chi connectivity index (χ4v) is 1.50. The first-order valence-corrected chi connectivity index (χ1v) is 5.28. The average molecular weight is 210 g/mol. The van der Waals surface area contributed by atoms with Gasteiger partial charge in [-0.3, -0.25) is 9.48 Å². The molecule has 4 heteroatoms. The summed E-state index contributed by atoms with van der Waals surface area (Å²) in [5.41, 5.74) is 1.74. The van der Waals surface area contributed by atoms with Crippen LogP contribution in [0.25, 0.3) is 0 Å². The Balaban J connectivity index is 3.07. The summed E-state index contributed by atoms with van der Waals surface area (Å²) in [5.74, 6) is -1.36. The minimum Gasteiger partial charge on any atom is -0.481 e. The summed E-state index contributed by atoms with van der Waals surface area (Å²) in [7, 11) is 0. The number of aromatic nitrogens is 2. The molecule has 0 aliphatic rings. The Bertz CT molecular complexity index is 355. The van der Waals surface area contributed by atoms with Crippen LogP contribution in [0.5, 0.6) is 0 Å². The monoisotopic (exact) mass is 210 g/mol. The molecule has 1 aromatic heterocycles. The Hall–Kier alpha value is -1.32. The quantitative estimate of drug-likeness (QED) is 0.829. The molecule has 0 fully saturated rings. The van der Waals surface area contributed by atoms with Crippen molar-refractivity contribution < 1.29 is 9.90 Å². The van der Waals surface area contributed by atoms with Crippen LogP contribution >= 0.6 is 0 Å². The summed E-state index contributed by atoms with van der Waals surface area (Å²) in [5, 5.41) is 13.2. The molecule has 84 valence electrons. The zero-order valence-corrected chi connectivity index (χ0v) is 9.69. The van der Waals surface area contributed by atoms with Gasteiger partial charge in [-0.05, 0) is 33.3 Å². The molecule has 1 unspecified atom stereocenters. The number of rotatable bonds is 4. The molecule has 1 aromatic rings. The standard InChI is InChI=1S/C11H18N2O2/c1-5-9-6-10(8(4)11(14)15)12-13(9)7(2)3/h6-8H,5H2,1-4H3,(H,14,15). The normalized spacial score (nSPS) is 13.1. The van der Waals surface area contributed by atoms with Gasteiger partial charge in [0.2, 0.25) is 0 Å².